The average molecular weight is 244 g/mol. The van der Waals surface area contributed by atoms with Gasteiger partial charge in [-0.15, -0.1) is 0 Å². The van der Waals surface area contributed by atoms with Crippen molar-refractivity contribution in [2.24, 2.45) is 0 Å². The molecule has 0 unspecified atom stereocenters. The smallest absolute Gasteiger partial charge is 0.186 e. The summed E-state index contributed by atoms with van der Waals surface area (Å²) < 4.78 is 0. The highest BCUT2D eigenvalue weighted by Crippen LogP contribution is 2.31. The Hall–Kier alpha value is -1.68. The summed E-state index contributed by atoms with van der Waals surface area (Å²) in [7, 11) is 0. The van der Waals surface area contributed by atoms with Gasteiger partial charge in [0.05, 0.1) is 10.6 Å². The highest BCUT2D eigenvalue weighted by Gasteiger charge is 2.21. The zero-order valence-corrected chi connectivity index (χ0v) is 10.3. The molecule has 0 saturated heterocycles. The van der Waals surface area contributed by atoms with E-state index < -0.39 is 0 Å². The van der Waals surface area contributed by atoms with Crippen LogP contribution in [0.3, 0.4) is 0 Å². The van der Waals surface area contributed by atoms with E-state index >= 15 is 0 Å². The van der Waals surface area contributed by atoms with Crippen molar-refractivity contribution in [1.82, 2.24) is 4.98 Å². The molecule has 0 radical (unpaired) electrons. The zero-order valence-electron chi connectivity index (χ0n) is 9.51. The van der Waals surface area contributed by atoms with Crippen molar-refractivity contribution in [2.45, 2.75) is 20.0 Å². The summed E-state index contributed by atoms with van der Waals surface area (Å²) in [5, 5.41) is 0.945. The molecule has 0 bridgehead atoms. The highest BCUT2D eigenvalue weighted by molar-refractivity contribution is 7.17. The number of aromatic nitrogens is 1. The molecule has 1 aliphatic rings. The summed E-state index contributed by atoms with van der Waals surface area (Å²) in [4.78, 5) is 18.2. The lowest BCUT2D eigenvalue weighted by molar-refractivity contribution is 0.112. The topological polar surface area (TPSA) is 33.2 Å². The first kappa shape index (κ1) is 10.5. The Labute approximate surface area is 104 Å². The number of carbonyl (C=O) groups is 1. The molecular formula is C13H12N2OS. The van der Waals surface area contributed by atoms with Gasteiger partial charge in [0.2, 0.25) is 0 Å². The number of rotatable bonds is 2. The van der Waals surface area contributed by atoms with Gasteiger partial charge < -0.3 is 4.90 Å². The van der Waals surface area contributed by atoms with Gasteiger partial charge >= 0.3 is 0 Å². The van der Waals surface area contributed by atoms with E-state index in [0.29, 0.717) is 0 Å². The SMILES string of the molecule is Cc1nc(N2Cc3ccccc3C2)sc1C=O. The van der Waals surface area contributed by atoms with Crippen LogP contribution < -0.4 is 4.90 Å². The summed E-state index contributed by atoms with van der Waals surface area (Å²) in [6.45, 7) is 3.66. The normalized spacial score (nSPS) is 13.8. The summed E-state index contributed by atoms with van der Waals surface area (Å²) in [6.07, 6.45) is 0.889. The summed E-state index contributed by atoms with van der Waals surface area (Å²) >= 11 is 1.47. The molecular weight excluding hydrogens is 232 g/mol. The van der Waals surface area contributed by atoms with Gasteiger partial charge in [-0.25, -0.2) is 4.98 Å². The average Bonchev–Trinajstić information content (AvgIpc) is 2.91. The van der Waals surface area contributed by atoms with E-state index in [4.69, 9.17) is 0 Å². The number of hydrogen-bond donors (Lipinski definition) is 0. The van der Waals surface area contributed by atoms with Crippen LogP contribution in [0.4, 0.5) is 5.13 Å². The van der Waals surface area contributed by atoms with Gasteiger partial charge in [0.1, 0.15) is 0 Å². The molecule has 86 valence electrons. The molecule has 1 aliphatic heterocycles. The van der Waals surface area contributed by atoms with Crippen LogP contribution >= 0.6 is 11.3 Å². The number of fused-ring (bicyclic) bond motifs is 1. The molecule has 1 aromatic carbocycles. The van der Waals surface area contributed by atoms with Crippen LogP contribution in [0.2, 0.25) is 0 Å². The quantitative estimate of drug-likeness (QED) is 0.762. The number of nitrogens with zero attached hydrogens (tertiary/aromatic N) is 2. The van der Waals surface area contributed by atoms with Crippen LogP contribution in [0, 0.1) is 6.92 Å². The molecule has 0 atom stereocenters. The van der Waals surface area contributed by atoms with Gasteiger partial charge in [-0.3, -0.25) is 4.79 Å². The minimum Gasteiger partial charge on any atom is -0.339 e. The Morgan fingerprint density at radius 1 is 1.29 bits per heavy atom. The number of anilines is 1. The maximum Gasteiger partial charge on any atom is 0.186 e. The second kappa shape index (κ2) is 3.96. The minimum atomic E-state index is 0.732. The Kier molecular flexibility index (Phi) is 2.44. The Balaban J connectivity index is 1.91. The largest absolute Gasteiger partial charge is 0.339 e. The first-order valence-corrected chi connectivity index (χ1v) is 6.34. The number of aryl methyl sites for hydroxylation is 1. The van der Waals surface area contributed by atoms with Gasteiger partial charge in [-0.2, -0.15) is 0 Å². The van der Waals surface area contributed by atoms with Crippen molar-refractivity contribution in [1.29, 1.82) is 0 Å². The molecule has 4 heteroatoms. The van der Waals surface area contributed by atoms with Crippen LogP contribution in [0.25, 0.3) is 0 Å². The molecule has 0 fully saturated rings. The molecule has 0 N–H and O–H groups in total. The van der Waals surface area contributed by atoms with Crippen LogP contribution in [-0.2, 0) is 13.1 Å². The van der Waals surface area contributed by atoms with Crippen LogP contribution in [0.1, 0.15) is 26.5 Å². The van der Waals surface area contributed by atoms with Crippen LogP contribution in [-0.4, -0.2) is 11.3 Å². The number of thiazole rings is 1. The second-order valence-electron chi connectivity index (χ2n) is 4.19. The lowest BCUT2D eigenvalue weighted by atomic mass is 10.1. The predicted molar refractivity (Wildman–Crippen MR) is 68.6 cm³/mol. The number of hydrogen-bond acceptors (Lipinski definition) is 4. The molecule has 3 rings (SSSR count). The van der Waals surface area contributed by atoms with E-state index in [1.54, 1.807) is 0 Å². The number of benzene rings is 1. The Morgan fingerprint density at radius 3 is 2.47 bits per heavy atom. The summed E-state index contributed by atoms with van der Waals surface area (Å²) in [6, 6.07) is 8.42. The number of carbonyl (C=O) groups excluding carboxylic acids is 1. The molecule has 0 aliphatic carbocycles. The fourth-order valence-corrected chi connectivity index (χ4v) is 2.99. The first-order valence-electron chi connectivity index (χ1n) is 5.52. The van der Waals surface area contributed by atoms with Gasteiger partial charge in [-0.1, -0.05) is 35.6 Å². The molecule has 3 nitrogen and oxygen atoms in total. The lowest BCUT2D eigenvalue weighted by Crippen LogP contribution is -2.13. The van der Waals surface area contributed by atoms with Crippen LogP contribution in [0.15, 0.2) is 24.3 Å². The second-order valence-corrected chi connectivity index (χ2v) is 5.20. The number of aldehydes is 1. The third kappa shape index (κ3) is 1.74. The maximum absolute atomic E-state index is 10.8. The van der Waals surface area contributed by atoms with E-state index in [0.717, 1.165) is 35.1 Å². The van der Waals surface area contributed by atoms with Crippen molar-refractivity contribution in [3.63, 3.8) is 0 Å². The van der Waals surface area contributed by atoms with Gasteiger partial charge in [0.15, 0.2) is 11.4 Å². The highest BCUT2D eigenvalue weighted by atomic mass is 32.1. The van der Waals surface area contributed by atoms with E-state index in [2.05, 4.69) is 34.1 Å². The molecule has 0 amide bonds. The molecule has 1 aromatic heterocycles. The Morgan fingerprint density at radius 2 is 1.94 bits per heavy atom. The van der Waals surface area contributed by atoms with Crippen molar-refractivity contribution in [2.75, 3.05) is 4.90 Å². The van der Waals surface area contributed by atoms with Gasteiger partial charge in [0, 0.05) is 13.1 Å². The predicted octanol–water partition coefficient (Wildman–Crippen LogP) is 2.78. The fourth-order valence-electron chi connectivity index (χ4n) is 2.11. The van der Waals surface area contributed by atoms with Gasteiger partial charge in [0.25, 0.3) is 0 Å². The third-order valence-electron chi connectivity index (χ3n) is 3.04. The van der Waals surface area contributed by atoms with Gasteiger partial charge in [-0.05, 0) is 18.1 Å². The van der Waals surface area contributed by atoms with E-state index in [1.165, 1.54) is 22.5 Å². The standard InChI is InChI=1S/C13H12N2OS/c1-9-12(8-16)17-13(14-9)15-6-10-4-2-3-5-11(10)7-15/h2-5,8H,6-7H2,1H3. The first-order chi connectivity index (χ1) is 8.28. The molecule has 2 heterocycles. The van der Waals surface area contributed by atoms with Crippen molar-refractivity contribution < 1.29 is 4.79 Å². The monoisotopic (exact) mass is 244 g/mol. The van der Waals surface area contributed by atoms with Crippen molar-refractivity contribution in [3.8, 4) is 0 Å². The summed E-state index contributed by atoms with van der Waals surface area (Å²) in [5.74, 6) is 0. The maximum atomic E-state index is 10.8. The lowest BCUT2D eigenvalue weighted by Gasteiger charge is -2.12. The molecule has 17 heavy (non-hydrogen) atoms. The van der Waals surface area contributed by atoms with E-state index in [-0.39, 0.29) is 0 Å². The van der Waals surface area contributed by atoms with E-state index in [1.807, 2.05) is 6.92 Å². The van der Waals surface area contributed by atoms with Crippen molar-refractivity contribution in [3.05, 3.63) is 46.0 Å². The minimum absolute atomic E-state index is 0.732. The molecule has 2 aromatic rings. The Bertz CT molecular complexity index is 552. The van der Waals surface area contributed by atoms with E-state index in [9.17, 15) is 4.79 Å². The molecule has 0 spiro atoms. The molecule has 0 saturated carbocycles. The third-order valence-corrected chi connectivity index (χ3v) is 4.18. The summed E-state index contributed by atoms with van der Waals surface area (Å²) in [5.41, 5.74) is 3.54. The fraction of sp³-hybridized carbons (Fsp3) is 0.231. The van der Waals surface area contributed by atoms with Crippen molar-refractivity contribution >= 4 is 22.8 Å². The zero-order chi connectivity index (χ0) is 11.8. The van der Waals surface area contributed by atoms with Crippen LogP contribution in [0.5, 0.6) is 0 Å².